The monoisotopic (exact) mass is 221 g/mol. The van der Waals surface area contributed by atoms with Gasteiger partial charge >= 0.3 is 6.18 Å². The molecule has 1 aromatic rings. The van der Waals surface area contributed by atoms with Crippen LogP contribution in [0.4, 0.5) is 18.9 Å². The molecule has 1 rings (SSSR count). The molecule has 1 aromatic carbocycles. The summed E-state index contributed by atoms with van der Waals surface area (Å²) in [6.45, 7) is 0. The average molecular weight is 221 g/mol. The average Bonchev–Trinajstić information content (AvgIpc) is 2.06. The standard InChI is InChI=1S/C8H6F3NO3/c9-8(10,11)4-5-3-6(12(14)15)1-2-7(5)13/h1-3,13H,4H2. The van der Waals surface area contributed by atoms with Gasteiger partial charge in [0.25, 0.3) is 5.69 Å². The Morgan fingerprint density at radius 3 is 2.47 bits per heavy atom. The quantitative estimate of drug-likeness (QED) is 0.616. The minimum absolute atomic E-state index is 0.480. The normalized spacial score (nSPS) is 11.4. The van der Waals surface area contributed by atoms with Crippen LogP contribution in [0.15, 0.2) is 18.2 Å². The lowest BCUT2D eigenvalue weighted by atomic mass is 10.1. The van der Waals surface area contributed by atoms with Gasteiger partial charge in [-0.3, -0.25) is 10.1 Å². The molecule has 0 spiro atoms. The molecule has 82 valence electrons. The SMILES string of the molecule is O=[N+]([O-])c1ccc(O)c(CC(F)(F)F)c1. The summed E-state index contributed by atoms with van der Waals surface area (Å²) in [4.78, 5) is 9.45. The maximum Gasteiger partial charge on any atom is 0.393 e. The van der Waals surface area contributed by atoms with Crippen LogP contribution in [0.5, 0.6) is 5.75 Å². The third kappa shape index (κ3) is 3.12. The number of phenolic OH excluding ortho intramolecular Hbond substituents is 1. The third-order valence-corrected chi connectivity index (χ3v) is 1.66. The molecule has 0 fully saturated rings. The van der Waals surface area contributed by atoms with Gasteiger partial charge in [-0.15, -0.1) is 0 Å². The zero-order valence-corrected chi connectivity index (χ0v) is 7.28. The van der Waals surface area contributed by atoms with Crippen LogP contribution < -0.4 is 0 Å². The van der Waals surface area contributed by atoms with Crippen LogP contribution >= 0.6 is 0 Å². The summed E-state index contributed by atoms with van der Waals surface area (Å²) < 4.78 is 35.9. The molecule has 1 N–H and O–H groups in total. The molecule has 4 nitrogen and oxygen atoms in total. The van der Waals surface area contributed by atoms with Crippen LogP contribution in [0.3, 0.4) is 0 Å². The van der Waals surface area contributed by atoms with E-state index in [1.807, 2.05) is 0 Å². The van der Waals surface area contributed by atoms with Crippen LogP contribution in [0.25, 0.3) is 0 Å². The van der Waals surface area contributed by atoms with E-state index >= 15 is 0 Å². The number of nitro benzene ring substituents is 1. The number of benzene rings is 1. The fraction of sp³-hybridized carbons (Fsp3) is 0.250. The molecule has 0 unspecified atom stereocenters. The van der Waals surface area contributed by atoms with Crippen molar-refractivity contribution in [2.24, 2.45) is 0 Å². The van der Waals surface area contributed by atoms with E-state index in [1.165, 1.54) is 0 Å². The molecular formula is C8H6F3NO3. The summed E-state index contributed by atoms with van der Waals surface area (Å²) in [5, 5.41) is 19.3. The van der Waals surface area contributed by atoms with E-state index < -0.39 is 34.5 Å². The van der Waals surface area contributed by atoms with Crippen molar-refractivity contribution >= 4 is 5.69 Å². The number of nitro groups is 1. The summed E-state index contributed by atoms with van der Waals surface area (Å²) >= 11 is 0. The fourth-order valence-electron chi connectivity index (χ4n) is 1.04. The molecule has 0 atom stereocenters. The van der Waals surface area contributed by atoms with Crippen LogP contribution in [-0.2, 0) is 6.42 Å². The first kappa shape index (κ1) is 11.3. The Bertz CT molecular complexity index is 389. The molecule has 15 heavy (non-hydrogen) atoms. The molecule has 7 heteroatoms. The lowest BCUT2D eigenvalue weighted by Crippen LogP contribution is -2.11. The van der Waals surface area contributed by atoms with E-state index in [4.69, 9.17) is 5.11 Å². The van der Waals surface area contributed by atoms with Gasteiger partial charge in [0.15, 0.2) is 0 Å². The number of hydrogen-bond acceptors (Lipinski definition) is 3. The smallest absolute Gasteiger partial charge is 0.393 e. The topological polar surface area (TPSA) is 63.4 Å². The number of rotatable bonds is 2. The molecule has 0 saturated heterocycles. The van der Waals surface area contributed by atoms with E-state index in [1.54, 1.807) is 0 Å². The Hall–Kier alpha value is -1.79. The highest BCUT2D eigenvalue weighted by atomic mass is 19.4. The lowest BCUT2D eigenvalue weighted by Gasteiger charge is -2.07. The zero-order chi connectivity index (χ0) is 11.6. The van der Waals surface area contributed by atoms with Crippen molar-refractivity contribution in [3.8, 4) is 5.75 Å². The van der Waals surface area contributed by atoms with Crippen molar-refractivity contribution in [1.82, 2.24) is 0 Å². The van der Waals surface area contributed by atoms with Gasteiger partial charge in [-0.05, 0) is 6.07 Å². The first-order valence-corrected chi connectivity index (χ1v) is 3.82. The summed E-state index contributed by atoms with van der Waals surface area (Å²) in [5.41, 5.74) is -0.983. The molecule has 0 amide bonds. The van der Waals surface area contributed by atoms with Crippen molar-refractivity contribution in [1.29, 1.82) is 0 Å². The summed E-state index contributed by atoms with van der Waals surface area (Å²) in [6.07, 6.45) is -5.90. The van der Waals surface area contributed by atoms with Crippen molar-refractivity contribution < 1.29 is 23.2 Å². The van der Waals surface area contributed by atoms with E-state index in [9.17, 15) is 23.3 Å². The molecule has 0 aliphatic heterocycles. The van der Waals surface area contributed by atoms with Crippen molar-refractivity contribution in [3.63, 3.8) is 0 Å². The molecule has 0 aliphatic rings. The number of non-ortho nitro benzene ring substituents is 1. The number of alkyl halides is 3. The maximum atomic E-state index is 12.0. The minimum Gasteiger partial charge on any atom is -0.508 e. The lowest BCUT2D eigenvalue weighted by molar-refractivity contribution is -0.385. The van der Waals surface area contributed by atoms with Crippen molar-refractivity contribution in [3.05, 3.63) is 33.9 Å². The summed E-state index contributed by atoms with van der Waals surface area (Å²) in [7, 11) is 0. The largest absolute Gasteiger partial charge is 0.508 e. The molecule has 0 saturated carbocycles. The highest BCUT2D eigenvalue weighted by molar-refractivity contribution is 5.43. The Labute approximate surface area is 82.1 Å². The first-order chi connectivity index (χ1) is 6.79. The van der Waals surface area contributed by atoms with Gasteiger partial charge < -0.3 is 5.11 Å². The fourth-order valence-corrected chi connectivity index (χ4v) is 1.04. The van der Waals surface area contributed by atoms with Crippen LogP contribution in [0, 0.1) is 10.1 Å². The number of hydrogen-bond donors (Lipinski definition) is 1. The Morgan fingerprint density at radius 1 is 1.40 bits per heavy atom. The van der Waals surface area contributed by atoms with Crippen LogP contribution in [-0.4, -0.2) is 16.2 Å². The second kappa shape index (κ2) is 3.76. The number of halogens is 3. The minimum atomic E-state index is -4.51. The van der Waals surface area contributed by atoms with E-state index in [0.29, 0.717) is 6.07 Å². The van der Waals surface area contributed by atoms with Gasteiger partial charge in [0.1, 0.15) is 5.75 Å². The molecular weight excluding hydrogens is 215 g/mol. The van der Waals surface area contributed by atoms with Gasteiger partial charge in [0, 0.05) is 17.7 Å². The number of nitrogens with zero attached hydrogens (tertiary/aromatic N) is 1. The summed E-state index contributed by atoms with van der Waals surface area (Å²) in [6, 6.07) is 2.53. The van der Waals surface area contributed by atoms with Gasteiger partial charge in [-0.25, -0.2) is 0 Å². The second-order valence-electron chi connectivity index (χ2n) is 2.86. The Kier molecular flexibility index (Phi) is 2.83. The Morgan fingerprint density at radius 2 is 2.00 bits per heavy atom. The maximum absolute atomic E-state index is 12.0. The van der Waals surface area contributed by atoms with E-state index in [0.717, 1.165) is 12.1 Å². The molecule has 0 bridgehead atoms. The predicted octanol–water partition coefficient (Wildman–Crippen LogP) is 2.41. The number of aromatic hydroxyl groups is 1. The van der Waals surface area contributed by atoms with Crippen LogP contribution in [0.1, 0.15) is 5.56 Å². The highest BCUT2D eigenvalue weighted by Gasteiger charge is 2.29. The summed E-state index contributed by atoms with van der Waals surface area (Å²) in [5.74, 6) is -0.599. The van der Waals surface area contributed by atoms with Gasteiger partial charge in [0.2, 0.25) is 0 Å². The Balaban J connectivity index is 3.06. The third-order valence-electron chi connectivity index (χ3n) is 1.66. The number of phenols is 1. The van der Waals surface area contributed by atoms with Gasteiger partial charge in [0.05, 0.1) is 11.3 Å². The van der Waals surface area contributed by atoms with Gasteiger partial charge in [-0.1, -0.05) is 0 Å². The molecule has 0 aliphatic carbocycles. The first-order valence-electron chi connectivity index (χ1n) is 3.82. The van der Waals surface area contributed by atoms with Crippen LogP contribution in [0.2, 0.25) is 0 Å². The second-order valence-corrected chi connectivity index (χ2v) is 2.86. The van der Waals surface area contributed by atoms with E-state index in [-0.39, 0.29) is 0 Å². The molecule has 0 heterocycles. The van der Waals surface area contributed by atoms with Gasteiger partial charge in [-0.2, -0.15) is 13.2 Å². The van der Waals surface area contributed by atoms with E-state index in [2.05, 4.69) is 0 Å². The molecule has 0 aromatic heterocycles. The highest BCUT2D eigenvalue weighted by Crippen LogP contribution is 2.29. The molecule has 0 radical (unpaired) electrons. The van der Waals surface area contributed by atoms with Crippen molar-refractivity contribution in [2.45, 2.75) is 12.6 Å². The predicted molar refractivity (Wildman–Crippen MR) is 44.5 cm³/mol. The zero-order valence-electron chi connectivity index (χ0n) is 7.28. The van der Waals surface area contributed by atoms with Crippen molar-refractivity contribution in [2.75, 3.05) is 0 Å².